The number of hydrogen-bond acceptors (Lipinski definition) is 6. The van der Waals surface area contributed by atoms with Crippen molar-refractivity contribution in [2.75, 3.05) is 26.8 Å². The van der Waals surface area contributed by atoms with Crippen LogP contribution in [0.1, 0.15) is 56.8 Å². The number of para-hydroxylation sites is 2. The maximum absolute atomic E-state index is 13.4. The Morgan fingerprint density at radius 1 is 0.974 bits per heavy atom. The van der Waals surface area contributed by atoms with E-state index in [0.717, 1.165) is 37.2 Å². The number of rotatable bonds is 6. The van der Waals surface area contributed by atoms with E-state index >= 15 is 0 Å². The molecular formula is C30H38N2O6. The van der Waals surface area contributed by atoms with E-state index in [-0.39, 0.29) is 36.1 Å². The van der Waals surface area contributed by atoms with Crippen molar-refractivity contribution in [3.63, 3.8) is 0 Å². The van der Waals surface area contributed by atoms with Gasteiger partial charge in [-0.3, -0.25) is 4.79 Å². The van der Waals surface area contributed by atoms with E-state index in [1.54, 1.807) is 12.0 Å². The van der Waals surface area contributed by atoms with Gasteiger partial charge >= 0.3 is 6.09 Å². The molecule has 8 heteroatoms. The standard InChI is InChI=1S/C30H38N2O6/c1-30(2,3)38-29(34)31(18-25-19-36-26-7-5-6-8-27(26)37-25)17-20-15-22-11-12-23(16-20)32(22)28(33)21-9-13-24(35-4)14-10-21/h5-10,13-14,20,22-23,25H,11-12,15-19H2,1-4H3. The Morgan fingerprint density at radius 2 is 1.63 bits per heavy atom. The highest BCUT2D eigenvalue weighted by molar-refractivity contribution is 5.95. The Hall–Kier alpha value is -3.42. The number of amides is 2. The molecule has 0 N–H and O–H groups in total. The van der Waals surface area contributed by atoms with Crippen LogP contribution in [0.25, 0.3) is 0 Å². The van der Waals surface area contributed by atoms with Crippen molar-refractivity contribution in [2.24, 2.45) is 5.92 Å². The number of piperidine rings is 1. The van der Waals surface area contributed by atoms with E-state index in [4.69, 9.17) is 18.9 Å². The lowest BCUT2D eigenvalue weighted by molar-refractivity contribution is -0.000735. The Kier molecular flexibility index (Phi) is 7.41. The van der Waals surface area contributed by atoms with Crippen LogP contribution in [-0.4, -0.2) is 72.4 Å². The molecule has 0 spiro atoms. The first-order valence-corrected chi connectivity index (χ1v) is 13.5. The minimum Gasteiger partial charge on any atom is -0.497 e. The van der Waals surface area contributed by atoms with Crippen molar-refractivity contribution in [3.8, 4) is 17.2 Å². The summed E-state index contributed by atoms with van der Waals surface area (Å²) in [5.74, 6) is 2.50. The molecule has 2 aromatic rings. The van der Waals surface area contributed by atoms with Gasteiger partial charge in [-0.2, -0.15) is 0 Å². The van der Waals surface area contributed by atoms with E-state index in [0.29, 0.717) is 31.0 Å². The highest BCUT2D eigenvalue weighted by Gasteiger charge is 2.44. The largest absolute Gasteiger partial charge is 0.497 e. The summed E-state index contributed by atoms with van der Waals surface area (Å²) in [4.78, 5) is 30.5. The number of ether oxygens (including phenoxy) is 4. The van der Waals surface area contributed by atoms with Crippen molar-refractivity contribution >= 4 is 12.0 Å². The third-order valence-corrected chi connectivity index (χ3v) is 7.52. The topological polar surface area (TPSA) is 77.5 Å². The van der Waals surface area contributed by atoms with Gasteiger partial charge in [-0.1, -0.05) is 12.1 Å². The lowest BCUT2D eigenvalue weighted by atomic mass is 9.89. The maximum atomic E-state index is 13.4. The molecule has 0 saturated carbocycles. The van der Waals surface area contributed by atoms with Gasteiger partial charge in [0.15, 0.2) is 17.6 Å². The molecule has 8 nitrogen and oxygen atoms in total. The van der Waals surface area contributed by atoms with Crippen molar-refractivity contribution in [3.05, 3.63) is 54.1 Å². The zero-order chi connectivity index (χ0) is 26.9. The van der Waals surface area contributed by atoms with Gasteiger partial charge in [-0.05, 0) is 88.8 Å². The molecule has 3 atom stereocenters. The Bertz CT molecular complexity index is 1130. The average molecular weight is 523 g/mol. The lowest BCUT2D eigenvalue weighted by Crippen LogP contribution is -2.51. The smallest absolute Gasteiger partial charge is 0.410 e. The van der Waals surface area contributed by atoms with Crippen LogP contribution in [0.2, 0.25) is 0 Å². The molecule has 204 valence electrons. The van der Waals surface area contributed by atoms with E-state index in [1.165, 1.54) is 0 Å². The predicted molar refractivity (Wildman–Crippen MR) is 143 cm³/mol. The quantitative estimate of drug-likeness (QED) is 0.522. The molecule has 0 radical (unpaired) electrons. The number of carbonyl (C=O) groups excluding carboxylic acids is 2. The molecule has 5 rings (SSSR count). The summed E-state index contributed by atoms with van der Waals surface area (Å²) < 4.78 is 23.1. The second-order valence-electron chi connectivity index (χ2n) is 11.5. The molecule has 2 bridgehead atoms. The van der Waals surface area contributed by atoms with Gasteiger partial charge in [0.1, 0.15) is 18.0 Å². The summed E-state index contributed by atoms with van der Waals surface area (Å²) in [5, 5.41) is 0. The van der Waals surface area contributed by atoms with Gasteiger partial charge in [-0.15, -0.1) is 0 Å². The lowest BCUT2D eigenvalue weighted by Gasteiger charge is -2.41. The van der Waals surface area contributed by atoms with Crippen molar-refractivity contribution in [2.45, 2.75) is 70.2 Å². The summed E-state index contributed by atoms with van der Waals surface area (Å²) in [5.41, 5.74) is 0.0882. The second-order valence-corrected chi connectivity index (χ2v) is 11.5. The molecule has 2 amide bonds. The fraction of sp³-hybridized carbons (Fsp3) is 0.533. The number of hydrogen-bond donors (Lipinski definition) is 0. The monoisotopic (exact) mass is 522 g/mol. The molecule has 3 aliphatic heterocycles. The van der Waals surface area contributed by atoms with Gasteiger partial charge in [0.05, 0.1) is 13.7 Å². The van der Waals surface area contributed by atoms with Gasteiger partial charge in [0.2, 0.25) is 0 Å². The normalized spacial score (nSPS) is 24.1. The number of nitrogens with zero attached hydrogens (tertiary/aromatic N) is 2. The van der Waals surface area contributed by atoms with E-state index in [2.05, 4.69) is 4.90 Å². The van der Waals surface area contributed by atoms with Crippen LogP contribution < -0.4 is 14.2 Å². The number of carbonyl (C=O) groups is 2. The summed E-state index contributed by atoms with van der Waals surface area (Å²) in [6, 6.07) is 15.3. The third-order valence-electron chi connectivity index (χ3n) is 7.52. The molecular weight excluding hydrogens is 484 g/mol. The molecule has 0 aliphatic carbocycles. The predicted octanol–water partition coefficient (Wildman–Crippen LogP) is 5.16. The third kappa shape index (κ3) is 5.84. The molecule has 3 heterocycles. The average Bonchev–Trinajstić information content (AvgIpc) is 3.16. The summed E-state index contributed by atoms with van der Waals surface area (Å²) in [6.45, 7) is 6.95. The van der Waals surface area contributed by atoms with E-state index < -0.39 is 5.60 Å². The SMILES string of the molecule is COc1ccc(C(=O)N2C3CCC2CC(CN(CC2COc4ccccc4O2)C(=O)OC(C)(C)C)C3)cc1. The zero-order valence-electron chi connectivity index (χ0n) is 22.7. The van der Waals surface area contributed by atoms with Gasteiger partial charge in [0.25, 0.3) is 5.91 Å². The molecule has 3 unspecified atom stereocenters. The highest BCUT2D eigenvalue weighted by atomic mass is 16.6. The number of fused-ring (bicyclic) bond motifs is 3. The summed E-state index contributed by atoms with van der Waals surface area (Å²) in [7, 11) is 1.62. The van der Waals surface area contributed by atoms with E-state index in [9.17, 15) is 9.59 Å². The second kappa shape index (κ2) is 10.8. The van der Waals surface area contributed by atoms with Crippen LogP contribution in [0.3, 0.4) is 0 Å². The molecule has 38 heavy (non-hydrogen) atoms. The fourth-order valence-electron chi connectivity index (χ4n) is 5.91. The molecule has 3 aliphatic rings. The highest BCUT2D eigenvalue weighted by Crippen LogP contribution is 2.40. The Balaban J connectivity index is 1.26. The minimum atomic E-state index is -0.598. The van der Waals surface area contributed by atoms with Crippen LogP contribution in [0.5, 0.6) is 17.2 Å². The van der Waals surface area contributed by atoms with Crippen molar-refractivity contribution in [1.82, 2.24) is 9.80 Å². The van der Waals surface area contributed by atoms with Crippen LogP contribution in [0.4, 0.5) is 4.79 Å². The molecule has 2 saturated heterocycles. The molecule has 0 aromatic heterocycles. The van der Waals surface area contributed by atoms with Crippen LogP contribution in [0.15, 0.2) is 48.5 Å². The first-order chi connectivity index (χ1) is 18.2. The molecule has 2 aromatic carbocycles. The summed E-state index contributed by atoms with van der Waals surface area (Å²) >= 11 is 0. The van der Waals surface area contributed by atoms with Crippen LogP contribution in [-0.2, 0) is 4.74 Å². The minimum absolute atomic E-state index is 0.0778. The van der Waals surface area contributed by atoms with Crippen LogP contribution in [0, 0.1) is 5.92 Å². The first-order valence-electron chi connectivity index (χ1n) is 13.5. The molecule has 2 fully saturated rings. The summed E-state index contributed by atoms with van der Waals surface area (Å²) in [6.07, 6.45) is 3.08. The van der Waals surface area contributed by atoms with Crippen LogP contribution >= 0.6 is 0 Å². The number of benzene rings is 2. The first kappa shape index (κ1) is 26.2. The Labute approximate surface area is 224 Å². The van der Waals surface area contributed by atoms with Gasteiger partial charge in [-0.25, -0.2) is 4.79 Å². The number of methoxy groups -OCH3 is 1. The van der Waals surface area contributed by atoms with Crippen molar-refractivity contribution in [1.29, 1.82) is 0 Å². The fourth-order valence-corrected chi connectivity index (χ4v) is 5.91. The van der Waals surface area contributed by atoms with E-state index in [1.807, 2.05) is 69.3 Å². The zero-order valence-corrected chi connectivity index (χ0v) is 22.7. The Morgan fingerprint density at radius 3 is 2.26 bits per heavy atom. The van der Waals surface area contributed by atoms with Gasteiger partial charge in [0, 0.05) is 24.2 Å². The van der Waals surface area contributed by atoms with Gasteiger partial charge < -0.3 is 28.7 Å². The maximum Gasteiger partial charge on any atom is 0.410 e. The van der Waals surface area contributed by atoms with Crippen molar-refractivity contribution < 1.29 is 28.5 Å².